The number of carbonyl (C=O) groups excluding carboxylic acids is 1. The summed E-state index contributed by atoms with van der Waals surface area (Å²) in [6.45, 7) is 5.25. The minimum absolute atomic E-state index is 0.0641. The molecule has 0 amide bonds. The molecule has 1 rings (SSSR count). The van der Waals surface area contributed by atoms with Gasteiger partial charge in [0.25, 0.3) is 0 Å². The fourth-order valence-electron chi connectivity index (χ4n) is 1.58. The van der Waals surface area contributed by atoms with Gasteiger partial charge in [-0.15, -0.1) is 0 Å². The lowest BCUT2D eigenvalue weighted by molar-refractivity contribution is -0.159. The molecular formula is C11H18N4O4. The molecule has 0 aromatic heterocycles. The summed E-state index contributed by atoms with van der Waals surface area (Å²) in [6.07, 6.45) is 0.251. The Morgan fingerprint density at radius 3 is 2.95 bits per heavy atom. The van der Waals surface area contributed by atoms with E-state index in [1.54, 1.807) is 0 Å². The molecule has 1 aliphatic heterocycles. The van der Waals surface area contributed by atoms with Gasteiger partial charge < -0.3 is 14.3 Å². The van der Waals surface area contributed by atoms with Gasteiger partial charge >= 0.3 is 5.97 Å². The number of ether oxygens (including phenoxy) is 2. The standard InChI is InChI=1S/C11H18N4O4/c1-7(2)17-11-10(14-19-8(3)16)5-4-9(18-11)6-13-15-12/h7,9,11H,4-6H2,1-3H3/b14-10+/t9-,11-/m0/s1. The van der Waals surface area contributed by atoms with Crippen LogP contribution >= 0.6 is 0 Å². The van der Waals surface area contributed by atoms with Crippen LogP contribution in [0.5, 0.6) is 0 Å². The third-order valence-electron chi connectivity index (χ3n) is 2.35. The topological polar surface area (TPSA) is 106 Å². The first-order valence-corrected chi connectivity index (χ1v) is 6.09. The molecule has 0 N–H and O–H groups in total. The molecule has 0 bridgehead atoms. The number of oxime groups is 1. The van der Waals surface area contributed by atoms with Crippen molar-refractivity contribution >= 4 is 11.7 Å². The SMILES string of the molecule is CC(=O)O/N=C1\CC[C@@H](CN=[N+]=[N-])O[C@@H]1OC(C)C. The largest absolute Gasteiger partial charge is 0.344 e. The van der Waals surface area contributed by atoms with Gasteiger partial charge in [-0.25, -0.2) is 4.79 Å². The smallest absolute Gasteiger partial charge is 0.331 e. The van der Waals surface area contributed by atoms with E-state index < -0.39 is 12.3 Å². The number of carbonyl (C=O) groups is 1. The monoisotopic (exact) mass is 270 g/mol. The van der Waals surface area contributed by atoms with E-state index in [1.165, 1.54) is 6.92 Å². The highest BCUT2D eigenvalue weighted by molar-refractivity contribution is 5.88. The van der Waals surface area contributed by atoms with Crippen molar-refractivity contribution in [3.05, 3.63) is 10.4 Å². The lowest BCUT2D eigenvalue weighted by Crippen LogP contribution is -2.40. The van der Waals surface area contributed by atoms with Crippen molar-refractivity contribution in [2.45, 2.75) is 52.1 Å². The molecule has 1 fully saturated rings. The summed E-state index contributed by atoms with van der Waals surface area (Å²) in [5.41, 5.74) is 8.82. The van der Waals surface area contributed by atoms with Crippen LogP contribution in [0, 0.1) is 0 Å². The maximum Gasteiger partial charge on any atom is 0.331 e. The van der Waals surface area contributed by atoms with E-state index in [1.807, 2.05) is 13.8 Å². The van der Waals surface area contributed by atoms with Crippen LogP contribution in [0.25, 0.3) is 10.4 Å². The Balaban J connectivity index is 2.68. The summed E-state index contributed by atoms with van der Waals surface area (Å²) < 4.78 is 11.2. The highest BCUT2D eigenvalue weighted by Crippen LogP contribution is 2.20. The first-order valence-electron chi connectivity index (χ1n) is 6.09. The van der Waals surface area contributed by atoms with E-state index in [9.17, 15) is 4.79 Å². The van der Waals surface area contributed by atoms with Crippen LogP contribution in [0.1, 0.15) is 33.6 Å². The van der Waals surface area contributed by atoms with Crippen LogP contribution in [0.15, 0.2) is 10.3 Å². The van der Waals surface area contributed by atoms with Crippen molar-refractivity contribution in [3.63, 3.8) is 0 Å². The molecule has 1 aliphatic rings. The van der Waals surface area contributed by atoms with Crippen LogP contribution < -0.4 is 0 Å². The van der Waals surface area contributed by atoms with Gasteiger partial charge in [0.15, 0.2) is 0 Å². The van der Waals surface area contributed by atoms with Crippen LogP contribution in [-0.2, 0) is 19.1 Å². The third-order valence-corrected chi connectivity index (χ3v) is 2.35. The van der Waals surface area contributed by atoms with Crippen LogP contribution in [-0.4, -0.2) is 36.7 Å². The molecule has 106 valence electrons. The molecule has 0 aromatic carbocycles. The van der Waals surface area contributed by atoms with Crippen molar-refractivity contribution in [2.75, 3.05) is 6.54 Å². The Labute approximate surface area is 111 Å². The van der Waals surface area contributed by atoms with Gasteiger partial charge in [-0.05, 0) is 32.2 Å². The molecule has 0 spiro atoms. The van der Waals surface area contributed by atoms with Gasteiger partial charge in [0.05, 0.1) is 18.8 Å². The van der Waals surface area contributed by atoms with E-state index in [0.717, 1.165) is 0 Å². The highest BCUT2D eigenvalue weighted by atomic mass is 16.7. The highest BCUT2D eigenvalue weighted by Gasteiger charge is 2.29. The molecule has 19 heavy (non-hydrogen) atoms. The number of nitrogens with zero attached hydrogens (tertiary/aromatic N) is 4. The predicted molar refractivity (Wildman–Crippen MR) is 67.3 cm³/mol. The number of hydrogen-bond acceptors (Lipinski definition) is 6. The second kappa shape index (κ2) is 7.73. The number of hydrogen-bond donors (Lipinski definition) is 0. The zero-order chi connectivity index (χ0) is 14.3. The fraction of sp³-hybridized carbons (Fsp3) is 0.818. The minimum Gasteiger partial charge on any atom is -0.344 e. The zero-order valence-corrected chi connectivity index (χ0v) is 11.3. The number of rotatable bonds is 5. The molecule has 8 heteroatoms. The maximum atomic E-state index is 10.8. The van der Waals surface area contributed by atoms with E-state index in [0.29, 0.717) is 18.6 Å². The van der Waals surface area contributed by atoms with E-state index in [-0.39, 0.29) is 18.8 Å². The van der Waals surface area contributed by atoms with Crippen LogP contribution in [0.2, 0.25) is 0 Å². The van der Waals surface area contributed by atoms with Crippen molar-refractivity contribution in [1.82, 2.24) is 0 Å². The lowest BCUT2D eigenvalue weighted by atomic mass is 10.1. The average molecular weight is 270 g/mol. The Morgan fingerprint density at radius 2 is 2.37 bits per heavy atom. The van der Waals surface area contributed by atoms with Crippen molar-refractivity contribution in [1.29, 1.82) is 0 Å². The quantitative estimate of drug-likeness (QED) is 0.251. The molecule has 1 heterocycles. The van der Waals surface area contributed by atoms with Gasteiger partial charge in [0, 0.05) is 11.8 Å². The van der Waals surface area contributed by atoms with Crippen LogP contribution in [0.4, 0.5) is 0 Å². The second-order valence-corrected chi connectivity index (χ2v) is 4.39. The van der Waals surface area contributed by atoms with E-state index in [2.05, 4.69) is 20.0 Å². The Bertz CT molecular complexity index is 390. The van der Waals surface area contributed by atoms with E-state index >= 15 is 0 Å². The molecule has 1 saturated heterocycles. The first kappa shape index (κ1) is 15.4. The second-order valence-electron chi connectivity index (χ2n) is 4.39. The first-order chi connectivity index (χ1) is 9.02. The lowest BCUT2D eigenvalue weighted by Gasteiger charge is -2.31. The molecule has 8 nitrogen and oxygen atoms in total. The van der Waals surface area contributed by atoms with Crippen LogP contribution in [0.3, 0.4) is 0 Å². The maximum absolute atomic E-state index is 10.8. The van der Waals surface area contributed by atoms with Gasteiger partial charge in [-0.2, -0.15) is 0 Å². The molecule has 0 aromatic rings. The van der Waals surface area contributed by atoms with E-state index in [4.69, 9.17) is 15.0 Å². The normalized spacial score (nSPS) is 25.2. The molecule has 0 aliphatic carbocycles. The van der Waals surface area contributed by atoms with Crippen molar-refractivity contribution < 1.29 is 19.1 Å². The van der Waals surface area contributed by atoms with Crippen molar-refractivity contribution in [2.24, 2.45) is 10.3 Å². The minimum atomic E-state index is -0.674. The van der Waals surface area contributed by atoms with Crippen molar-refractivity contribution in [3.8, 4) is 0 Å². The third kappa shape index (κ3) is 5.69. The fourth-order valence-corrected chi connectivity index (χ4v) is 1.58. The molecule has 0 unspecified atom stereocenters. The Hall–Kier alpha value is -1.63. The van der Waals surface area contributed by atoms with Gasteiger partial charge in [0.2, 0.25) is 6.29 Å². The summed E-state index contributed by atoms with van der Waals surface area (Å²) in [4.78, 5) is 18.1. The summed E-state index contributed by atoms with van der Waals surface area (Å²) in [5.74, 6) is -0.494. The summed E-state index contributed by atoms with van der Waals surface area (Å²) in [6, 6.07) is 0. The molecule has 2 atom stereocenters. The average Bonchev–Trinajstić information content (AvgIpc) is 2.34. The summed E-state index contributed by atoms with van der Waals surface area (Å²) in [7, 11) is 0. The Morgan fingerprint density at radius 1 is 1.63 bits per heavy atom. The molecule has 0 radical (unpaired) electrons. The zero-order valence-electron chi connectivity index (χ0n) is 11.3. The Kier molecular flexibility index (Phi) is 6.27. The van der Waals surface area contributed by atoms with Gasteiger partial charge in [-0.1, -0.05) is 10.3 Å². The molecular weight excluding hydrogens is 252 g/mol. The number of azide groups is 1. The summed E-state index contributed by atoms with van der Waals surface area (Å²) in [5, 5.41) is 7.23. The van der Waals surface area contributed by atoms with Gasteiger partial charge in [-0.3, -0.25) is 0 Å². The van der Waals surface area contributed by atoms with Gasteiger partial charge in [0.1, 0.15) is 5.71 Å². The predicted octanol–water partition coefficient (Wildman–Crippen LogP) is 2.15. The molecule has 0 saturated carbocycles. The summed E-state index contributed by atoms with van der Waals surface area (Å²) >= 11 is 0.